The molecular formula is C25H16ClF2N3O3. The normalized spacial score (nSPS) is 10.6. The van der Waals surface area contributed by atoms with E-state index in [4.69, 9.17) is 11.6 Å². The third-order valence-corrected chi connectivity index (χ3v) is 5.08. The Morgan fingerprint density at radius 2 is 1.50 bits per heavy atom. The molecule has 4 rings (SSSR count). The number of carboxylic acid groups (broad SMARTS) is 1. The number of aromatic carboxylic acids is 1. The molecule has 4 aromatic rings. The number of benzene rings is 3. The molecule has 3 aromatic carbocycles. The number of hydrogen-bond acceptors (Lipinski definition) is 5. The first-order valence-corrected chi connectivity index (χ1v) is 10.3. The van der Waals surface area contributed by atoms with Crippen molar-refractivity contribution in [1.82, 2.24) is 4.98 Å². The Balaban J connectivity index is 1.54. The minimum atomic E-state index is -1.28. The minimum absolute atomic E-state index is 0.130. The van der Waals surface area contributed by atoms with Crippen molar-refractivity contribution < 1.29 is 23.5 Å². The van der Waals surface area contributed by atoms with Crippen molar-refractivity contribution in [1.29, 1.82) is 0 Å². The van der Waals surface area contributed by atoms with Crippen LogP contribution in [0.1, 0.15) is 26.3 Å². The summed E-state index contributed by atoms with van der Waals surface area (Å²) in [6.45, 7) is 0. The predicted octanol–water partition coefficient (Wildman–Crippen LogP) is 6.43. The molecule has 170 valence electrons. The maximum atomic E-state index is 13.5. The van der Waals surface area contributed by atoms with Crippen molar-refractivity contribution in [3.8, 4) is 0 Å². The van der Waals surface area contributed by atoms with Crippen LogP contribution < -0.4 is 10.6 Å². The third-order valence-electron chi connectivity index (χ3n) is 4.86. The lowest BCUT2D eigenvalue weighted by Crippen LogP contribution is -2.08. The van der Waals surface area contributed by atoms with Gasteiger partial charge >= 0.3 is 5.97 Å². The molecule has 6 nitrogen and oxygen atoms in total. The molecular weight excluding hydrogens is 464 g/mol. The van der Waals surface area contributed by atoms with E-state index in [1.54, 1.807) is 36.4 Å². The van der Waals surface area contributed by atoms with Crippen LogP contribution in [0.3, 0.4) is 0 Å². The van der Waals surface area contributed by atoms with E-state index in [1.165, 1.54) is 30.5 Å². The van der Waals surface area contributed by atoms with Crippen molar-refractivity contribution in [2.75, 3.05) is 10.6 Å². The van der Waals surface area contributed by atoms with Crippen LogP contribution in [-0.2, 0) is 0 Å². The summed E-state index contributed by atoms with van der Waals surface area (Å²) in [7, 11) is 0. The van der Waals surface area contributed by atoms with Gasteiger partial charge in [0.15, 0.2) is 17.4 Å². The standard InChI is InChI=1S/C25H16ClF2N3O3/c26-16-4-10-23(29-13-16)31-17-5-1-14(2-6-17)24(32)15-3-9-22(19(11-15)25(33)34)30-18-7-8-20(27)21(28)12-18/h1-13,30H,(H,29,31)(H,33,34). The van der Waals surface area contributed by atoms with Crippen LogP contribution in [-0.4, -0.2) is 21.8 Å². The van der Waals surface area contributed by atoms with Gasteiger partial charge in [-0.1, -0.05) is 11.6 Å². The van der Waals surface area contributed by atoms with Gasteiger partial charge in [-0.25, -0.2) is 18.6 Å². The Bertz CT molecular complexity index is 1380. The summed E-state index contributed by atoms with van der Waals surface area (Å²) in [5.41, 5.74) is 1.32. The fourth-order valence-corrected chi connectivity index (χ4v) is 3.28. The van der Waals surface area contributed by atoms with Crippen molar-refractivity contribution >= 4 is 46.2 Å². The van der Waals surface area contributed by atoms with Gasteiger partial charge in [0, 0.05) is 34.8 Å². The second-order valence-corrected chi connectivity index (χ2v) is 7.65. The molecule has 0 aliphatic rings. The molecule has 0 fully saturated rings. The number of carbonyl (C=O) groups is 2. The van der Waals surface area contributed by atoms with Crippen LogP contribution in [0.2, 0.25) is 5.02 Å². The molecule has 1 heterocycles. The quantitative estimate of drug-likeness (QED) is 0.265. The van der Waals surface area contributed by atoms with E-state index >= 15 is 0 Å². The van der Waals surface area contributed by atoms with Crippen molar-refractivity contribution in [2.45, 2.75) is 0 Å². The first-order chi connectivity index (χ1) is 16.3. The number of hydrogen-bond donors (Lipinski definition) is 3. The molecule has 34 heavy (non-hydrogen) atoms. The van der Waals surface area contributed by atoms with E-state index in [0.717, 1.165) is 12.1 Å². The number of rotatable bonds is 7. The number of nitrogens with zero attached hydrogens (tertiary/aromatic N) is 1. The molecule has 0 amide bonds. The molecule has 0 aliphatic carbocycles. The van der Waals surface area contributed by atoms with Crippen molar-refractivity contribution in [3.05, 3.63) is 112 Å². The summed E-state index contributed by atoms with van der Waals surface area (Å²) < 4.78 is 26.6. The number of ketones is 1. The molecule has 0 spiro atoms. The molecule has 0 aliphatic heterocycles. The highest BCUT2D eigenvalue weighted by Crippen LogP contribution is 2.25. The molecule has 9 heteroatoms. The second kappa shape index (κ2) is 9.68. The van der Waals surface area contributed by atoms with Gasteiger partial charge in [-0.3, -0.25) is 4.79 Å². The maximum absolute atomic E-state index is 13.5. The van der Waals surface area contributed by atoms with Gasteiger partial charge in [0.2, 0.25) is 0 Å². The molecule has 0 unspecified atom stereocenters. The Hall–Kier alpha value is -4.30. The largest absolute Gasteiger partial charge is 0.478 e. The topological polar surface area (TPSA) is 91.3 Å². The minimum Gasteiger partial charge on any atom is -0.478 e. The van der Waals surface area contributed by atoms with Crippen LogP contribution in [0, 0.1) is 11.6 Å². The van der Waals surface area contributed by atoms with E-state index in [0.29, 0.717) is 22.1 Å². The van der Waals surface area contributed by atoms with Crippen molar-refractivity contribution in [2.24, 2.45) is 0 Å². The summed E-state index contributed by atoms with van der Waals surface area (Å²) in [6.07, 6.45) is 1.51. The van der Waals surface area contributed by atoms with Crippen LogP contribution in [0.4, 0.5) is 31.7 Å². The highest BCUT2D eigenvalue weighted by molar-refractivity contribution is 6.30. The zero-order valence-electron chi connectivity index (χ0n) is 17.4. The lowest BCUT2D eigenvalue weighted by atomic mass is 10.00. The number of halogens is 3. The van der Waals surface area contributed by atoms with Gasteiger partial charge in [-0.05, 0) is 66.7 Å². The monoisotopic (exact) mass is 479 g/mol. The zero-order valence-corrected chi connectivity index (χ0v) is 18.1. The summed E-state index contributed by atoms with van der Waals surface area (Å²) in [5, 5.41) is 15.9. The number of carboxylic acids is 1. The second-order valence-electron chi connectivity index (χ2n) is 7.21. The molecule has 0 radical (unpaired) electrons. The van der Waals surface area contributed by atoms with E-state index in [-0.39, 0.29) is 28.3 Å². The van der Waals surface area contributed by atoms with Gasteiger partial charge < -0.3 is 15.7 Å². The molecule has 0 bridgehead atoms. The Morgan fingerprint density at radius 3 is 2.15 bits per heavy atom. The number of carbonyl (C=O) groups excluding carboxylic acids is 1. The number of nitrogens with one attached hydrogen (secondary N) is 2. The van der Waals surface area contributed by atoms with Gasteiger partial charge in [-0.2, -0.15) is 0 Å². The fourth-order valence-electron chi connectivity index (χ4n) is 3.17. The average molecular weight is 480 g/mol. The molecule has 1 aromatic heterocycles. The molecule has 0 saturated heterocycles. The van der Waals surface area contributed by atoms with Crippen LogP contribution >= 0.6 is 11.6 Å². The average Bonchev–Trinajstić information content (AvgIpc) is 2.83. The van der Waals surface area contributed by atoms with E-state index in [1.807, 2.05) is 0 Å². The van der Waals surface area contributed by atoms with Crippen molar-refractivity contribution in [3.63, 3.8) is 0 Å². The summed E-state index contributed by atoms with van der Waals surface area (Å²) in [4.78, 5) is 28.8. The summed E-state index contributed by atoms with van der Waals surface area (Å²) in [5.74, 6) is -3.17. The molecule has 0 atom stereocenters. The fraction of sp³-hybridized carbons (Fsp3) is 0. The van der Waals surface area contributed by atoms with Crippen LogP contribution in [0.5, 0.6) is 0 Å². The third kappa shape index (κ3) is 5.19. The van der Waals surface area contributed by atoms with E-state index in [2.05, 4.69) is 15.6 Å². The Labute approximate surface area is 197 Å². The van der Waals surface area contributed by atoms with E-state index in [9.17, 15) is 23.5 Å². The highest BCUT2D eigenvalue weighted by Gasteiger charge is 2.17. The van der Waals surface area contributed by atoms with Crippen LogP contribution in [0.15, 0.2) is 79.0 Å². The predicted molar refractivity (Wildman–Crippen MR) is 125 cm³/mol. The Kier molecular flexibility index (Phi) is 6.51. The number of aromatic nitrogens is 1. The first kappa shape index (κ1) is 22.9. The first-order valence-electron chi connectivity index (χ1n) is 9.93. The van der Waals surface area contributed by atoms with Crippen LogP contribution in [0.25, 0.3) is 0 Å². The number of anilines is 4. The van der Waals surface area contributed by atoms with Gasteiger partial charge in [0.25, 0.3) is 0 Å². The lowest BCUT2D eigenvalue weighted by molar-refractivity contribution is 0.0698. The molecule has 0 saturated carbocycles. The smallest absolute Gasteiger partial charge is 0.337 e. The SMILES string of the molecule is O=C(c1ccc(Nc2ccc(Cl)cn2)cc1)c1ccc(Nc2ccc(F)c(F)c2)c(C(=O)O)c1. The van der Waals surface area contributed by atoms with E-state index < -0.39 is 17.6 Å². The lowest BCUT2D eigenvalue weighted by Gasteiger charge is -2.12. The Morgan fingerprint density at radius 1 is 0.794 bits per heavy atom. The van der Waals surface area contributed by atoms with Gasteiger partial charge in [-0.15, -0.1) is 0 Å². The zero-order chi connectivity index (χ0) is 24.2. The maximum Gasteiger partial charge on any atom is 0.337 e. The molecule has 3 N–H and O–H groups in total. The van der Waals surface area contributed by atoms with Gasteiger partial charge in [0.05, 0.1) is 16.3 Å². The highest BCUT2D eigenvalue weighted by atomic mass is 35.5. The van der Waals surface area contributed by atoms with Gasteiger partial charge in [0.1, 0.15) is 5.82 Å². The number of pyridine rings is 1. The summed E-state index contributed by atoms with van der Waals surface area (Å²) >= 11 is 5.82. The summed E-state index contributed by atoms with van der Waals surface area (Å²) in [6, 6.07) is 17.2.